The summed E-state index contributed by atoms with van der Waals surface area (Å²) in [6.45, 7) is 0.528. The van der Waals surface area contributed by atoms with E-state index >= 15 is 0 Å². The number of benzene rings is 1. The topological polar surface area (TPSA) is 29.5 Å². The molecule has 0 bridgehead atoms. The van der Waals surface area contributed by atoms with E-state index in [2.05, 4.69) is 0 Å². The highest BCUT2D eigenvalue weighted by Crippen LogP contribution is 2.34. The molecule has 15 heavy (non-hydrogen) atoms. The molecule has 82 valence electrons. The van der Waals surface area contributed by atoms with Gasteiger partial charge in [-0.2, -0.15) is 0 Å². The number of fused-ring (bicyclic) bond motifs is 1. The third-order valence-corrected chi connectivity index (χ3v) is 2.52. The Morgan fingerprint density at radius 2 is 2.13 bits per heavy atom. The van der Waals surface area contributed by atoms with Gasteiger partial charge in [0.05, 0.1) is 6.61 Å². The van der Waals surface area contributed by atoms with Gasteiger partial charge in [0.25, 0.3) is 6.43 Å². The van der Waals surface area contributed by atoms with Crippen LogP contribution in [0.2, 0.25) is 0 Å². The highest BCUT2D eigenvalue weighted by atomic mass is 19.3. The predicted molar refractivity (Wildman–Crippen MR) is 51.2 cm³/mol. The Bertz CT molecular complexity index is 352. The maximum absolute atomic E-state index is 12.4. The highest BCUT2D eigenvalue weighted by Gasteiger charge is 2.25. The summed E-state index contributed by atoms with van der Waals surface area (Å²) < 4.78 is 30.1. The van der Waals surface area contributed by atoms with Crippen molar-refractivity contribution in [1.82, 2.24) is 0 Å². The average molecular weight is 214 g/mol. The van der Waals surface area contributed by atoms with Gasteiger partial charge >= 0.3 is 0 Å². The summed E-state index contributed by atoms with van der Waals surface area (Å²) in [6, 6.07) is 5.01. The van der Waals surface area contributed by atoms with Gasteiger partial charge in [0.15, 0.2) is 0 Å². The standard InChI is InChI=1S/C11H12F2O2/c12-11(13)9(14)8-5-1-3-7-4-2-6-15-10(7)8/h1,3,5,9,11,14H,2,4,6H2. The minimum Gasteiger partial charge on any atom is -0.493 e. The Hall–Kier alpha value is -1.16. The van der Waals surface area contributed by atoms with E-state index in [1.54, 1.807) is 6.07 Å². The number of hydrogen-bond acceptors (Lipinski definition) is 2. The second kappa shape index (κ2) is 4.14. The Kier molecular flexibility index (Phi) is 2.86. The molecule has 1 aromatic carbocycles. The van der Waals surface area contributed by atoms with Crippen LogP contribution in [-0.2, 0) is 6.42 Å². The van der Waals surface area contributed by atoms with Gasteiger partial charge in [-0.1, -0.05) is 18.2 Å². The zero-order chi connectivity index (χ0) is 10.8. The molecule has 1 aliphatic heterocycles. The van der Waals surface area contributed by atoms with Crippen molar-refractivity contribution in [2.75, 3.05) is 6.61 Å². The monoisotopic (exact) mass is 214 g/mol. The number of para-hydroxylation sites is 1. The molecule has 1 aliphatic rings. The first-order valence-corrected chi connectivity index (χ1v) is 4.91. The first-order chi connectivity index (χ1) is 7.20. The summed E-state index contributed by atoms with van der Waals surface area (Å²) in [6.07, 6.45) is -2.82. The van der Waals surface area contributed by atoms with Gasteiger partial charge < -0.3 is 9.84 Å². The van der Waals surface area contributed by atoms with Crippen LogP contribution in [0, 0.1) is 0 Å². The molecule has 0 amide bonds. The molecule has 1 N–H and O–H groups in total. The normalized spacial score (nSPS) is 17.1. The van der Waals surface area contributed by atoms with E-state index in [-0.39, 0.29) is 5.56 Å². The van der Waals surface area contributed by atoms with Crippen molar-refractivity contribution in [3.8, 4) is 5.75 Å². The molecule has 1 unspecified atom stereocenters. The quantitative estimate of drug-likeness (QED) is 0.818. The van der Waals surface area contributed by atoms with Crippen molar-refractivity contribution in [1.29, 1.82) is 0 Å². The molecule has 0 saturated carbocycles. The van der Waals surface area contributed by atoms with Crippen LogP contribution in [0.5, 0.6) is 5.75 Å². The molecule has 0 saturated heterocycles. The summed E-state index contributed by atoms with van der Waals surface area (Å²) in [7, 11) is 0. The molecule has 0 aromatic heterocycles. The maximum atomic E-state index is 12.4. The van der Waals surface area contributed by atoms with Crippen molar-refractivity contribution < 1.29 is 18.6 Å². The predicted octanol–water partition coefficient (Wildman–Crippen LogP) is 2.31. The third kappa shape index (κ3) is 1.95. The van der Waals surface area contributed by atoms with Crippen LogP contribution in [0.15, 0.2) is 18.2 Å². The van der Waals surface area contributed by atoms with Crippen molar-refractivity contribution >= 4 is 0 Å². The van der Waals surface area contributed by atoms with Crippen molar-refractivity contribution in [3.05, 3.63) is 29.3 Å². The number of aliphatic hydroxyl groups excluding tert-OH is 1. The first kappa shape index (κ1) is 10.4. The van der Waals surface area contributed by atoms with Gasteiger partial charge in [-0.3, -0.25) is 0 Å². The van der Waals surface area contributed by atoms with Crippen molar-refractivity contribution in [3.63, 3.8) is 0 Å². The lowest BCUT2D eigenvalue weighted by Gasteiger charge is -2.22. The van der Waals surface area contributed by atoms with Crippen LogP contribution < -0.4 is 4.74 Å². The summed E-state index contributed by atoms with van der Waals surface area (Å²) in [5.74, 6) is 0.441. The van der Waals surface area contributed by atoms with Crippen LogP contribution in [-0.4, -0.2) is 18.1 Å². The fraction of sp³-hybridized carbons (Fsp3) is 0.455. The van der Waals surface area contributed by atoms with E-state index in [9.17, 15) is 13.9 Å². The smallest absolute Gasteiger partial charge is 0.268 e. The lowest BCUT2D eigenvalue weighted by molar-refractivity contribution is -0.00752. The zero-order valence-electron chi connectivity index (χ0n) is 8.12. The Labute approximate surface area is 86.5 Å². The zero-order valence-corrected chi connectivity index (χ0v) is 8.12. The second-order valence-corrected chi connectivity index (χ2v) is 3.57. The van der Waals surface area contributed by atoms with E-state index < -0.39 is 12.5 Å². The molecule has 0 fully saturated rings. The molecule has 2 nitrogen and oxygen atoms in total. The molecule has 4 heteroatoms. The van der Waals surface area contributed by atoms with Crippen molar-refractivity contribution in [2.45, 2.75) is 25.4 Å². The van der Waals surface area contributed by atoms with Crippen LogP contribution in [0.4, 0.5) is 8.78 Å². The van der Waals surface area contributed by atoms with Gasteiger partial charge in [-0.05, 0) is 18.4 Å². The summed E-state index contributed by atoms with van der Waals surface area (Å²) in [5, 5.41) is 9.32. The van der Waals surface area contributed by atoms with E-state index in [0.29, 0.717) is 12.4 Å². The number of rotatable bonds is 2. The fourth-order valence-corrected chi connectivity index (χ4v) is 1.78. The van der Waals surface area contributed by atoms with Crippen LogP contribution >= 0.6 is 0 Å². The van der Waals surface area contributed by atoms with Gasteiger partial charge in [0.2, 0.25) is 0 Å². The van der Waals surface area contributed by atoms with E-state index in [4.69, 9.17) is 4.74 Å². The molecule has 1 atom stereocenters. The number of alkyl halides is 2. The van der Waals surface area contributed by atoms with E-state index in [1.165, 1.54) is 6.07 Å². The first-order valence-electron chi connectivity index (χ1n) is 4.91. The minimum atomic E-state index is -2.78. The minimum absolute atomic E-state index is 0.196. The molecule has 1 aromatic rings. The van der Waals surface area contributed by atoms with Gasteiger partial charge in [0.1, 0.15) is 11.9 Å². The summed E-state index contributed by atoms with van der Waals surface area (Å²) in [4.78, 5) is 0. The number of aliphatic hydroxyl groups is 1. The summed E-state index contributed by atoms with van der Waals surface area (Å²) in [5.41, 5.74) is 1.10. The van der Waals surface area contributed by atoms with E-state index in [0.717, 1.165) is 18.4 Å². The molecule has 2 rings (SSSR count). The molecule has 1 heterocycles. The fourth-order valence-electron chi connectivity index (χ4n) is 1.78. The molecule has 0 aliphatic carbocycles. The third-order valence-electron chi connectivity index (χ3n) is 2.52. The van der Waals surface area contributed by atoms with E-state index in [1.807, 2.05) is 6.07 Å². The number of hydrogen-bond donors (Lipinski definition) is 1. The van der Waals surface area contributed by atoms with Crippen LogP contribution in [0.1, 0.15) is 23.7 Å². The lowest BCUT2D eigenvalue weighted by Crippen LogP contribution is -2.15. The maximum Gasteiger partial charge on any atom is 0.268 e. The van der Waals surface area contributed by atoms with Crippen LogP contribution in [0.3, 0.4) is 0 Å². The Morgan fingerprint density at radius 1 is 1.33 bits per heavy atom. The largest absolute Gasteiger partial charge is 0.493 e. The highest BCUT2D eigenvalue weighted by molar-refractivity contribution is 5.44. The van der Waals surface area contributed by atoms with Gasteiger partial charge in [0, 0.05) is 5.56 Å². The van der Waals surface area contributed by atoms with Gasteiger partial charge in [-0.25, -0.2) is 8.78 Å². The molecular formula is C11H12F2O2. The van der Waals surface area contributed by atoms with Crippen LogP contribution in [0.25, 0.3) is 0 Å². The van der Waals surface area contributed by atoms with Crippen molar-refractivity contribution in [2.24, 2.45) is 0 Å². The number of halogens is 2. The Morgan fingerprint density at radius 3 is 2.87 bits per heavy atom. The summed E-state index contributed by atoms with van der Waals surface area (Å²) >= 11 is 0. The SMILES string of the molecule is OC(c1cccc2c1OCCC2)C(F)F. The molecule has 0 radical (unpaired) electrons. The molecular weight excluding hydrogens is 202 g/mol. The second-order valence-electron chi connectivity index (χ2n) is 3.57. The number of ether oxygens (including phenoxy) is 1. The lowest BCUT2D eigenvalue weighted by atomic mass is 9.99. The Balaban J connectivity index is 2.39. The average Bonchev–Trinajstić information content (AvgIpc) is 2.27. The number of aryl methyl sites for hydroxylation is 1. The molecule has 0 spiro atoms. The van der Waals surface area contributed by atoms with Gasteiger partial charge in [-0.15, -0.1) is 0 Å².